The molecule has 3 N–H and O–H groups in total. The van der Waals surface area contributed by atoms with Crippen LogP contribution in [-0.4, -0.2) is 40.5 Å². The van der Waals surface area contributed by atoms with Crippen molar-refractivity contribution in [2.75, 3.05) is 6.61 Å². The molecule has 1 fully saturated rings. The lowest BCUT2D eigenvalue weighted by molar-refractivity contribution is -0.142. The number of rotatable bonds is 3. The number of Topliss-reactive ketones (excluding diaryl/α,β-unsaturated/α-hetero) is 1. The fraction of sp³-hybridized carbons (Fsp3) is 0.833. The first-order valence-corrected chi connectivity index (χ1v) is 9.17. The van der Waals surface area contributed by atoms with E-state index in [4.69, 9.17) is 5.11 Å². The molecule has 0 aliphatic carbocycles. The van der Waals surface area contributed by atoms with Gasteiger partial charge in [-0.2, -0.15) is 0 Å². The summed E-state index contributed by atoms with van der Waals surface area (Å²) in [6, 6.07) is -0.364. The molecule has 0 aromatic heterocycles. The monoisotopic (exact) mass is 341 g/mol. The van der Waals surface area contributed by atoms with Gasteiger partial charge in [-0.3, -0.25) is 14.4 Å². The third kappa shape index (κ3) is 9.01. The van der Waals surface area contributed by atoms with Crippen molar-refractivity contribution in [2.24, 2.45) is 5.92 Å². The van der Waals surface area contributed by atoms with Crippen molar-refractivity contribution in [3.05, 3.63) is 0 Å². The first kappa shape index (κ1) is 20.6. The third-order valence-electron chi connectivity index (χ3n) is 4.59. The van der Waals surface area contributed by atoms with Crippen molar-refractivity contribution in [3.63, 3.8) is 0 Å². The molecule has 0 spiro atoms. The number of hydrogen-bond donors (Lipinski definition) is 3. The van der Waals surface area contributed by atoms with Crippen molar-refractivity contribution in [1.29, 1.82) is 0 Å². The number of aliphatic hydroxyl groups is 1. The van der Waals surface area contributed by atoms with Crippen LogP contribution in [0.1, 0.15) is 77.0 Å². The normalized spacial score (nSPS) is 25.9. The highest BCUT2D eigenvalue weighted by atomic mass is 16.4. The van der Waals surface area contributed by atoms with Gasteiger partial charge < -0.3 is 15.5 Å². The SMILES string of the molecule is O=C(O)C[C@@H]1CC(=O)CCCCCCCCCC[C@@H](CO)NC1=O. The second kappa shape index (κ2) is 12.0. The van der Waals surface area contributed by atoms with Crippen LogP contribution >= 0.6 is 0 Å². The van der Waals surface area contributed by atoms with E-state index in [2.05, 4.69) is 5.32 Å². The zero-order valence-corrected chi connectivity index (χ0v) is 14.5. The minimum absolute atomic E-state index is 0.0315. The molecule has 0 saturated carbocycles. The van der Waals surface area contributed by atoms with Gasteiger partial charge in [-0.25, -0.2) is 0 Å². The highest BCUT2D eigenvalue weighted by Crippen LogP contribution is 2.16. The van der Waals surface area contributed by atoms with Gasteiger partial charge in [0.25, 0.3) is 0 Å². The summed E-state index contributed by atoms with van der Waals surface area (Å²) in [5, 5.41) is 21.1. The van der Waals surface area contributed by atoms with Crippen molar-refractivity contribution in [1.82, 2.24) is 5.32 Å². The molecule has 24 heavy (non-hydrogen) atoms. The van der Waals surface area contributed by atoms with Crippen molar-refractivity contribution in [2.45, 2.75) is 83.1 Å². The van der Waals surface area contributed by atoms with E-state index in [1.54, 1.807) is 0 Å². The van der Waals surface area contributed by atoms with Crippen LogP contribution in [-0.2, 0) is 14.4 Å². The van der Waals surface area contributed by atoms with Crippen LogP contribution in [0.3, 0.4) is 0 Å². The number of carbonyl (C=O) groups excluding carboxylic acids is 2. The number of ketones is 1. The largest absolute Gasteiger partial charge is 0.481 e. The highest BCUT2D eigenvalue weighted by molar-refractivity contribution is 5.89. The van der Waals surface area contributed by atoms with Gasteiger partial charge in [0.15, 0.2) is 0 Å². The second-order valence-electron chi connectivity index (χ2n) is 6.79. The predicted molar refractivity (Wildman–Crippen MR) is 90.6 cm³/mol. The van der Waals surface area contributed by atoms with E-state index in [1.807, 2.05) is 0 Å². The maximum absolute atomic E-state index is 12.3. The van der Waals surface area contributed by atoms with E-state index in [0.29, 0.717) is 12.8 Å². The van der Waals surface area contributed by atoms with Crippen LogP contribution in [0, 0.1) is 5.92 Å². The minimum atomic E-state index is -1.09. The Morgan fingerprint density at radius 3 is 2.17 bits per heavy atom. The summed E-state index contributed by atoms with van der Waals surface area (Å²) in [4.78, 5) is 35.4. The summed E-state index contributed by atoms with van der Waals surface area (Å²) in [6.45, 7) is -0.167. The summed E-state index contributed by atoms with van der Waals surface area (Å²) in [5.74, 6) is -2.42. The van der Waals surface area contributed by atoms with Crippen LogP contribution in [0.4, 0.5) is 0 Å². The van der Waals surface area contributed by atoms with E-state index in [1.165, 1.54) is 12.8 Å². The van der Waals surface area contributed by atoms with Crippen LogP contribution < -0.4 is 5.32 Å². The van der Waals surface area contributed by atoms with Crippen molar-refractivity contribution in [3.8, 4) is 0 Å². The zero-order valence-electron chi connectivity index (χ0n) is 14.5. The lowest BCUT2D eigenvalue weighted by Gasteiger charge is -2.20. The number of carboxylic acids is 1. The van der Waals surface area contributed by atoms with Crippen LogP contribution in [0.2, 0.25) is 0 Å². The average molecular weight is 341 g/mol. The van der Waals surface area contributed by atoms with E-state index < -0.39 is 17.8 Å². The summed E-state index contributed by atoms with van der Waals surface area (Å²) in [6.07, 6.45) is 9.14. The summed E-state index contributed by atoms with van der Waals surface area (Å²) >= 11 is 0. The fourth-order valence-electron chi connectivity index (χ4n) is 3.15. The molecule has 0 bridgehead atoms. The molecule has 1 amide bonds. The molecule has 1 rings (SSSR count). The Kier molecular flexibility index (Phi) is 10.3. The number of carboxylic acid groups (broad SMARTS) is 1. The fourth-order valence-corrected chi connectivity index (χ4v) is 3.15. The van der Waals surface area contributed by atoms with Crippen LogP contribution in [0.15, 0.2) is 0 Å². The van der Waals surface area contributed by atoms with Crippen molar-refractivity contribution < 1.29 is 24.6 Å². The molecule has 6 heteroatoms. The molecule has 6 nitrogen and oxygen atoms in total. The van der Waals surface area contributed by atoms with E-state index in [-0.39, 0.29) is 31.3 Å². The molecular formula is C18H31NO5. The summed E-state index contributed by atoms with van der Waals surface area (Å²) in [7, 11) is 0. The number of nitrogens with one attached hydrogen (secondary N) is 1. The zero-order chi connectivity index (χ0) is 17.8. The molecule has 138 valence electrons. The number of carbonyl (C=O) groups is 3. The second-order valence-corrected chi connectivity index (χ2v) is 6.79. The van der Waals surface area contributed by atoms with Gasteiger partial charge in [0.05, 0.1) is 25.0 Å². The quantitative estimate of drug-likeness (QED) is 0.731. The Morgan fingerprint density at radius 1 is 1.00 bits per heavy atom. The summed E-state index contributed by atoms with van der Waals surface area (Å²) < 4.78 is 0. The Balaban J connectivity index is 2.69. The molecule has 1 aliphatic heterocycles. The number of aliphatic hydroxyl groups excluding tert-OH is 1. The molecule has 1 aliphatic rings. The van der Waals surface area contributed by atoms with Gasteiger partial charge in [-0.1, -0.05) is 44.9 Å². The molecule has 0 aromatic rings. The molecule has 0 aromatic carbocycles. The standard InChI is InChI=1S/C18H31NO5/c20-13-15-9-7-5-3-1-2-4-6-8-10-16(21)11-14(12-17(22)23)18(24)19-15/h14-15,20H,1-13H2,(H,19,24)(H,22,23)/t14-,15-/m0/s1. The number of aliphatic carboxylic acids is 1. The topological polar surface area (TPSA) is 104 Å². The Bertz CT molecular complexity index is 410. The number of amides is 1. The van der Waals surface area contributed by atoms with Gasteiger partial charge in [0.2, 0.25) is 5.91 Å². The lowest BCUT2D eigenvalue weighted by Crippen LogP contribution is -2.42. The summed E-state index contributed by atoms with van der Waals surface area (Å²) in [5.41, 5.74) is 0. The van der Waals surface area contributed by atoms with Gasteiger partial charge in [0, 0.05) is 12.8 Å². The van der Waals surface area contributed by atoms with Gasteiger partial charge in [0.1, 0.15) is 5.78 Å². The minimum Gasteiger partial charge on any atom is -0.481 e. The lowest BCUT2D eigenvalue weighted by atomic mass is 9.94. The molecular weight excluding hydrogens is 310 g/mol. The molecule has 0 radical (unpaired) electrons. The van der Waals surface area contributed by atoms with E-state index in [9.17, 15) is 19.5 Å². The first-order chi connectivity index (χ1) is 11.5. The van der Waals surface area contributed by atoms with Gasteiger partial charge in [-0.15, -0.1) is 0 Å². The Hall–Kier alpha value is -1.43. The third-order valence-corrected chi connectivity index (χ3v) is 4.59. The number of hydrogen-bond acceptors (Lipinski definition) is 4. The molecule has 2 atom stereocenters. The van der Waals surface area contributed by atoms with E-state index in [0.717, 1.165) is 38.5 Å². The molecule has 1 saturated heterocycles. The highest BCUT2D eigenvalue weighted by Gasteiger charge is 2.26. The van der Waals surface area contributed by atoms with Crippen LogP contribution in [0.25, 0.3) is 0 Å². The Labute approximate surface area is 144 Å². The molecule has 1 heterocycles. The van der Waals surface area contributed by atoms with E-state index >= 15 is 0 Å². The van der Waals surface area contributed by atoms with Gasteiger partial charge in [-0.05, 0) is 12.8 Å². The average Bonchev–Trinajstić information content (AvgIpc) is 2.53. The van der Waals surface area contributed by atoms with Gasteiger partial charge >= 0.3 is 5.97 Å². The predicted octanol–water partition coefficient (Wildman–Crippen LogP) is 2.43. The van der Waals surface area contributed by atoms with Crippen LogP contribution in [0.5, 0.6) is 0 Å². The maximum atomic E-state index is 12.3. The first-order valence-electron chi connectivity index (χ1n) is 9.17. The maximum Gasteiger partial charge on any atom is 0.304 e. The molecule has 0 unspecified atom stereocenters. The smallest absolute Gasteiger partial charge is 0.304 e. The van der Waals surface area contributed by atoms with Crippen molar-refractivity contribution >= 4 is 17.7 Å². The Morgan fingerprint density at radius 2 is 1.58 bits per heavy atom.